The molecule has 0 aliphatic carbocycles. The summed E-state index contributed by atoms with van der Waals surface area (Å²) < 4.78 is 39.0. The third-order valence-corrected chi connectivity index (χ3v) is 6.25. The van der Waals surface area contributed by atoms with Crippen LogP contribution in [0.4, 0.5) is 18.0 Å². The van der Waals surface area contributed by atoms with E-state index in [9.17, 15) is 32.7 Å². The molecule has 1 aromatic rings. The summed E-state index contributed by atoms with van der Waals surface area (Å²) in [6.07, 6.45) is -1.76. The molecule has 1 aliphatic heterocycles. The number of nitrogens with zero attached hydrogens (tertiary/aromatic N) is 1. The number of carbonyl (C=O) groups excluding carboxylic acids is 2. The first-order valence-corrected chi connectivity index (χ1v) is 11.5. The van der Waals surface area contributed by atoms with Crippen molar-refractivity contribution in [3.05, 3.63) is 35.4 Å². The van der Waals surface area contributed by atoms with Crippen molar-refractivity contribution < 1.29 is 37.8 Å². The van der Waals surface area contributed by atoms with Gasteiger partial charge in [0, 0.05) is 13.0 Å². The second kappa shape index (κ2) is 11.7. The Bertz CT molecular complexity index is 872. The van der Waals surface area contributed by atoms with Crippen molar-refractivity contribution in [2.24, 2.45) is 5.41 Å². The van der Waals surface area contributed by atoms with Crippen molar-refractivity contribution in [3.63, 3.8) is 0 Å². The van der Waals surface area contributed by atoms with Crippen LogP contribution in [0.25, 0.3) is 0 Å². The van der Waals surface area contributed by atoms with Crippen LogP contribution >= 0.6 is 0 Å². The number of aliphatic hydroxyl groups excluding tert-OH is 1. The number of aliphatic hydroxyl groups is 1. The number of carboxylic acids is 1. The van der Waals surface area contributed by atoms with Gasteiger partial charge in [0.25, 0.3) is 5.91 Å². The second-order valence-corrected chi connectivity index (χ2v) is 9.52. The van der Waals surface area contributed by atoms with E-state index in [1.807, 2.05) is 0 Å². The number of imide groups is 1. The summed E-state index contributed by atoms with van der Waals surface area (Å²) in [5.41, 5.74) is -1.05. The van der Waals surface area contributed by atoms with Gasteiger partial charge in [0.2, 0.25) is 0 Å². The molecule has 3 N–H and O–H groups in total. The van der Waals surface area contributed by atoms with E-state index in [0.29, 0.717) is 24.8 Å². The van der Waals surface area contributed by atoms with Crippen molar-refractivity contribution in [1.29, 1.82) is 0 Å². The smallest absolute Gasteiger partial charge is 0.416 e. The molecule has 0 saturated carbocycles. The van der Waals surface area contributed by atoms with Crippen LogP contribution < -0.4 is 5.32 Å². The van der Waals surface area contributed by atoms with Crippen LogP contribution in [-0.2, 0) is 22.2 Å². The molecular weight excluding hydrogens is 453 g/mol. The fourth-order valence-corrected chi connectivity index (χ4v) is 4.21. The highest BCUT2D eigenvalue weighted by molar-refractivity contribution is 6.04. The Kier molecular flexibility index (Phi) is 9.49. The summed E-state index contributed by atoms with van der Waals surface area (Å²) in [5.74, 6) is -1.24. The number of hydrogen-bond acceptors (Lipinski definition) is 4. The Balaban J connectivity index is 1.90. The molecule has 1 aromatic carbocycles. The van der Waals surface area contributed by atoms with E-state index in [-0.39, 0.29) is 25.8 Å². The Morgan fingerprint density at radius 1 is 1.15 bits per heavy atom. The Morgan fingerprint density at radius 2 is 1.82 bits per heavy atom. The molecule has 1 aliphatic rings. The van der Waals surface area contributed by atoms with Gasteiger partial charge < -0.3 is 15.1 Å². The summed E-state index contributed by atoms with van der Waals surface area (Å²) in [6.45, 7) is 3.64. The number of amides is 3. The largest absolute Gasteiger partial charge is 0.481 e. The first-order valence-electron chi connectivity index (χ1n) is 11.5. The maximum absolute atomic E-state index is 13.0. The van der Waals surface area contributed by atoms with E-state index in [2.05, 4.69) is 5.32 Å². The molecule has 3 amide bonds. The van der Waals surface area contributed by atoms with Crippen LogP contribution in [0.1, 0.15) is 69.9 Å². The molecule has 0 aromatic heterocycles. The minimum atomic E-state index is -4.44. The lowest BCUT2D eigenvalue weighted by molar-refractivity contribution is -0.138. The van der Waals surface area contributed by atoms with Gasteiger partial charge in [0.1, 0.15) is 6.04 Å². The van der Waals surface area contributed by atoms with Crippen molar-refractivity contribution in [1.82, 2.24) is 10.2 Å². The number of nitrogens with one attached hydrogen (secondary N) is 1. The zero-order valence-electron chi connectivity index (χ0n) is 19.5. The van der Waals surface area contributed by atoms with Gasteiger partial charge >= 0.3 is 18.2 Å². The molecule has 1 saturated heterocycles. The van der Waals surface area contributed by atoms with E-state index in [0.717, 1.165) is 25.0 Å². The lowest BCUT2D eigenvalue weighted by Gasteiger charge is -2.32. The minimum absolute atomic E-state index is 0.0999. The van der Waals surface area contributed by atoms with E-state index < -0.39 is 47.2 Å². The van der Waals surface area contributed by atoms with Crippen molar-refractivity contribution in [2.75, 3.05) is 6.54 Å². The van der Waals surface area contributed by atoms with Gasteiger partial charge in [0.15, 0.2) is 0 Å². The fraction of sp³-hybridized carbons (Fsp3) is 0.625. The monoisotopic (exact) mass is 486 g/mol. The zero-order valence-corrected chi connectivity index (χ0v) is 19.5. The number of rotatable bonds is 13. The number of unbranched alkanes of at least 4 members (excludes halogenated alkanes) is 3. The lowest BCUT2D eigenvalue weighted by Crippen LogP contribution is -2.40. The maximum atomic E-state index is 13.0. The molecule has 1 fully saturated rings. The molecule has 7 nitrogen and oxygen atoms in total. The van der Waals surface area contributed by atoms with Gasteiger partial charge in [-0.3, -0.25) is 14.9 Å². The SMILES string of the molecule is CC(C)(Cc1cccc(C(F)(F)F)c1)C(O)CCN1C(=O)NC(=O)C1CCCCCCC(=O)O. The Hall–Kier alpha value is -2.62. The second-order valence-electron chi connectivity index (χ2n) is 9.52. The lowest BCUT2D eigenvalue weighted by atomic mass is 9.79. The number of halogens is 3. The number of hydrogen-bond donors (Lipinski definition) is 3. The predicted octanol–water partition coefficient (Wildman–Crippen LogP) is 4.37. The summed E-state index contributed by atoms with van der Waals surface area (Å²) in [5, 5.41) is 21.7. The molecule has 0 radical (unpaired) electrons. The van der Waals surface area contributed by atoms with Crippen LogP contribution in [0.3, 0.4) is 0 Å². The van der Waals surface area contributed by atoms with Crippen molar-refractivity contribution in [2.45, 2.75) is 83.5 Å². The third kappa shape index (κ3) is 8.00. The molecule has 190 valence electrons. The predicted molar refractivity (Wildman–Crippen MR) is 119 cm³/mol. The third-order valence-electron chi connectivity index (χ3n) is 6.25. The Labute approximate surface area is 197 Å². The summed E-state index contributed by atoms with van der Waals surface area (Å²) in [6, 6.07) is 3.83. The van der Waals surface area contributed by atoms with Gasteiger partial charge in [-0.05, 0) is 42.7 Å². The standard InChI is InChI=1S/C24H33F3N2O5/c1-23(2,15-16-8-7-9-17(14-16)24(25,26)27)19(30)12-13-29-18(21(33)28-22(29)34)10-5-3-4-6-11-20(31)32/h7-9,14,18-19,30H,3-6,10-13,15H2,1-2H3,(H,31,32)(H,28,33,34). The average Bonchev–Trinajstić information content (AvgIpc) is 3.00. The van der Waals surface area contributed by atoms with Crippen LogP contribution in [0.5, 0.6) is 0 Å². The highest BCUT2D eigenvalue weighted by Gasteiger charge is 2.39. The summed E-state index contributed by atoms with van der Waals surface area (Å²) in [4.78, 5) is 36.4. The first-order chi connectivity index (χ1) is 15.8. The van der Waals surface area contributed by atoms with Crippen molar-refractivity contribution >= 4 is 17.9 Å². The molecular formula is C24H33F3N2O5. The molecule has 0 bridgehead atoms. The fourth-order valence-electron chi connectivity index (χ4n) is 4.21. The number of aliphatic carboxylic acids is 1. The quantitative estimate of drug-likeness (QED) is 0.284. The van der Waals surface area contributed by atoms with E-state index in [1.165, 1.54) is 11.0 Å². The zero-order chi connectivity index (χ0) is 25.5. The van der Waals surface area contributed by atoms with Gasteiger partial charge in [-0.25, -0.2) is 4.79 Å². The van der Waals surface area contributed by atoms with Gasteiger partial charge in [-0.1, -0.05) is 51.3 Å². The van der Waals surface area contributed by atoms with Crippen LogP contribution in [0.2, 0.25) is 0 Å². The molecule has 10 heteroatoms. The number of carbonyl (C=O) groups is 3. The molecule has 0 spiro atoms. The average molecular weight is 487 g/mol. The maximum Gasteiger partial charge on any atom is 0.416 e. The number of benzene rings is 1. The van der Waals surface area contributed by atoms with Crippen LogP contribution in [-0.4, -0.2) is 51.7 Å². The normalized spacial score (nSPS) is 17.7. The van der Waals surface area contributed by atoms with Crippen molar-refractivity contribution in [3.8, 4) is 0 Å². The van der Waals surface area contributed by atoms with Crippen LogP contribution in [0.15, 0.2) is 24.3 Å². The number of carboxylic acid groups (broad SMARTS) is 1. The summed E-state index contributed by atoms with van der Waals surface area (Å²) in [7, 11) is 0. The topological polar surface area (TPSA) is 107 Å². The molecule has 1 heterocycles. The van der Waals surface area contributed by atoms with E-state index >= 15 is 0 Å². The summed E-state index contributed by atoms with van der Waals surface area (Å²) >= 11 is 0. The van der Waals surface area contributed by atoms with Gasteiger partial charge in [-0.15, -0.1) is 0 Å². The number of urea groups is 1. The van der Waals surface area contributed by atoms with Gasteiger partial charge in [0.05, 0.1) is 11.7 Å². The highest BCUT2D eigenvalue weighted by atomic mass is 19.4. The highest BCUT2D eigenvalue weighted by Crippen LogP contribution is 2.33. The number of alkyl halides is 3. The molecule has 2 atom stereocenters. The van der Waals surface area contributed by atoms with E-state index in [4.69, 9.17) is 5.11 Å². The first kappa shape index (κ1) is 27.6. The van der Waals surface area contributed by atoms with Gasteiger partial charge in [-0.2, -0.15) is 13.2 Å². The van der Waals surface area contributed by atoms with Crippen LogP contribution in [0, 0.1) is 5.41 Å². The molecule has 2 unspecified atom stereocenters. The Morgan fingerprint density at radius 3 is 2.47 bits per heavy atom. The van der Waals surface area contributed by atoms with E-state index in [1.54, 1.807) is 19.9 Å². The molecule has 34 heavy (non-hydrogen) atoms. The minimum Gasteiger partial charge on any atom is -0.481 e. The molecule has 2 rings (SSSR count).